The quantitative estimate of drug-likeness (QED) is 0.705. The van der Waals surface area contributed by atoms with Gasteiger partial charge in [-0.2, -0.15) is 0 Å². The molecule has 0 aliphatic heterocycles. The van der Waals surface area contributed by atoms with Crippen molar-refractivity contribution >= 4 is 23.0 Å². The Balaban J connectivity index is 0. The molecule has 0 aliphatic carbocycles. The number of aliphatic carboxylic acids is 1. The molecule has 0 amide bonds. The van der Waals surface area contributed by atoms with Crippen LogP contribution in [0.4, 0.5) is 0 Å². The molecule has 0 rings (SSSR count). The van der Waals surface area contributed by atoms with Crippen molar-refractivity contribution in [1.82, 2.24) is 0 Å². The number of hydrogen-bond acceptors (Lipinski definition) is 1. The number of halogens is 1. The predicted molar refractivity (Wildman–Crippen MR) is 51.3 cm³/mol. The van der Waals surface area contributed by atoms with Gasteiger partial charge in [-0.05, 0) is 6.42 Å². The maximum absolute atomic E-state index is 10.0. The molecule has 68 valence electrons. The van der Waals surface area contributed by atoms with Crippen molar-refractivity contribution in [2.45, 2.75) is 45.4 Å². The average Bonchev–Trinajstić information content (AvgIpc) is 1.87. The van der Waals surface area contributed by atoms with Gasteiger partial charge in [0.1, 0.15) is 0 Å². The van der Waals surface area contributed by atoms with E-state index in [-0.39, 0.29) is 17.0 Å². The number of carbonyl (C=O) groups is 1. The van der Waals surface area contributed by atoms with Crippen molar-refractivity contribution in [3.63, 3.8) is 0 Å². The van der Waals surface area contributed by atoms with Gasteiger partial charge in [-0.1, -0.05) is 32.6 Å². The van der Waals surface area contributed by atoms with Crippen LogP contribution < -0.4 is 0 Å². The van der Waals surface area contributed by atoms with Gasteiger partial charge in [-0.3, -0.25) is 4.79 Å². The molecule has 0 aromatic heterocycles. The largest absolute Gasteiger partial charge is 0.481 e. The summed E-state index contributed by atoms with van der Waals surface area (Å²) in [6.07, 6.45) is 5.88. The molecule has 0 saturated carbocycles. The van der Waals surface area contributed by atoms with Gasteiger partial charge in [0.2, 0.25) is 0 Å². The minimum atomic E-state index is -0.670. The van der Waals surface area contributed by atoms with Crippen molar-refractivity contribution in [2.75, 3.05) is 0 Å². The Hall–Kier alpha value is -0.0500. The molecule has 0 aromatic rings. The first-order valence-corrected chi connectivity index (χ1v) is 3.99. The molecule has 0 saturated heterocycles. The summed E-state index contributed by atoms with van der Waals surface area (Å²) < 4.78 is 0. The van der Waals surface area contributed by atoms with Crippen molar-refractivity contribution in [3.05, 3.63) is 0 Å². The van der Waals surface area contributed by atoms with E-state index in [1.165, 1.54) is 19.3 Å². The van der Waals surface area contributed by atoms with E-state index in [0.717, 1.165) is 12.8 Å². The summed E-state index contributed by atoms with van der Waals surface area (Å²) in [5, 5.41) is 8.27. The summed E-state index contributed by atoms with van der Waals surface area (Å²) in [4.78, 5) is 10.0. The molecule has 3 heteroatoms. The average molecular weight is 225 g/mol. The molecule has 1 N–H and O–H groups in total. The van der Waals surface area contributed by atoms with Crippen LogP contribution in [0.3, 0.4) is 0 Å². The summed E-state index contributed by atoms with van der Waals surface area (Å²) in [7, 11) is 0. The fourth-order valence-electron chi connectivity index (χ4n) is 0.880. The molecule has 11 heavy (non-hydrogen) atoms. The molecule has 0 atom stereocenters. The molecular formula is C8H17BrO2. The number of hydrogen-bond donors (Lipinski definition) is 1. The zero-order valence-electron chi connectivity index (χ0n) is 7.01. The van der Waals surface area contributed by atoms with E-state index in [1.807, 2.05) is 0 Å². The second-order valence-corrected chi connectivity index (χ2v) is 2.56. The van der Waals surface area contributed by atoms with E-state index in [1.54, 1.807) is 0 Å². The van der Waals surface area contributed by atoms with E-state index in [0.29, 0.717) is 6.42 Å². The Bertz CT molecular complexity index is 94.1. The molecule has 0 unspecified atom stereocenters. The normalized spacial score (nSPS) is 8.82. The van der Waals surface area contributed by atoms with Crippen LogP contribution in [0.15, 0.2) is 0 Å². The van der Waals surface area contributed by atoms with Crippen LogP contribution in [0.1, 0.15) is 45.4 Å². The van der Waals surface area contributed by atoms with Crippen LogP contribution in [-0.4, -0.2) is 11.1 Å². The fourth-order valence-corrected chi connectivity index (χ4v) is 0.880. The molecular weight excluding hydrogens is 208 g/mol. The van der Waals surface area contributed by atoms with Crippen molar-refractivity contribution in [1.29, 1.82) is 0 Å². The van der Waals surface area contributed by atoms with Gasteiger partial charge in [0, 0.05) is 6.42 Å². The van der Waals surface area contributed by atoms with E-state index in [4.69, 9.17) is 5.11 Å². The second kappa shape index (κ2) is 9.95. The molecule has 0 fully saturated rings. The lowest BCUT2D eigenvalue weighted by molar-refractivity contribution is -0.137. The SMILES string of the molecule is Br.CCCCCCCC(=O)O. The predicted octanol–water partition coefficient (Wildman–Crippen LogP) is 3.01. The number of carboxylic acid groups (broad SMARTS) is 1. The zero-order valence-corrected chi connectivity index (χ0v) is 8.72. The summed E-state index contributed by atoms with van der Waals surface area (Å²) in [6.45, 7) is 2.15. The summed E-state index contributed by atoms with van der Waals surface area (Å²) in [5.41, 5.74) is 0. The first kappa shape index (κ1) is 13.5. The first-order valence-electron chi connectivity index (χ1n) is 3.99. The third kappa shape index (κ3) is 13.0. The molecule has 0 bridgehead atoms. The summed E-state index contributed by atoms with van der Waals surface area (Å²) in [6, 6.07) is 0. The third-order valence-corrected chi connectivity index (χ3v) is 1.49. The zero-order chi connectivity index (χ0) is 7.82. The highest BCUT2D eigenvalue weighted by Gasteiger charge is 1.94. The van der Waals surface area contributed by atoms with Crippen LogP contribution in [0.5, 0.6) is 0 Å². The summed E-state index contributed by atoms with van der Waals surface area (Å²) in [5.74, 6) is -0.670. The van der Waals surface area contributed by atoms with Gasteiger partial charge >= 0.3 is 5.97 Å². The van der Waals surface area contributed by atoms with Crippen molar-refractivity contribution in [3.8, 4) is 0 Å². The van der Waals surface area contributed by atoms with Crippen molar-refractivity contribution in [2.24, 2.45) is 0 Å². The molecule has 0 spiro atoms. The van der Waals surface area contributed by atoms with Gasteiger partial charge in [0.15, 0.2) is 0 Å². The van der Waals surface area contributed by atoms with Crippen LogP contribution >= 0.6 is 17.0 Å². The number of carboxylic acids is 1. The van der Waals surface area contributed by atoms with Crippen LogP contribution in [0, 0.1) is 0 Å². The molecule has 0 aromatic carbocycles. The highest BCUT2D eigenvalue weighted by molar-refractivity contribution is 8.93. The lowest BCUT2D eigenvalue weighted by Gasteiger charge is -1.95. The molecule has 0 heterocycles. The van der Waals surface area contributed by atoms with Gasteiger partial charge in [-0.25, -0.2) is 0 Å². The Kier molecular flexibility index (Phi) is 12.2. The highest BCUT2D eigenvalue weighted by Crippen LogP contribution is 2.04. The van der Waals surface area contributed by atoms with Gasteiger partial charge in [0.05, 0.1) is 0 Å². The first-order chi connectivity index (χ1) is 4.77. The smallest absolute Gasteiger partial charge is 0.303 e. The molecule has 0 aliphatic rings. The minimum absolute atomic E-state index is 0. The number of unbranched alkanes of at least 4 members (excludes halogenated alkanes) is 4. The Morgan fingerprint density at radius 3 is 2.18 bits per heavy atom. The summed E-state index contributed by atoms with van der Waals surface area (Å²) >= 11 is 0. The van der Waals surface area contributed by atoms with Crippen molar-refractivity contribution < 1.29 is 9.90 Å². The maximum Gasteiger partial charge on any atom is 0.303 e. The fraction of sp³-hybridized carbons (Fsp3) is 0.875. The van der Waals surface area contributed by atoms with Crippen LogP contribution in [0.2, 0.25) is 0 Å². The standard InChI is InChI=1S/C8H16O2.BrH/c1-2-3-4-5-6-7-8(9)10;/h2-7H2,1H3,(H,9,10);1H. The maximum atomic E-state index is 10.0. The van der Waals surface area contributed by atoms with Gasteiger partial charge < -0.3 is 5.11 Å². The molecule has 2 nitrogen and oxygen atoms in total. The Morgan fingerprint density at radius 2 is 1.73 bits per heavy atom. The van der Waals surface area contributed by atoms with Crippen LogP contribution in [-0.2, 0) is 4.79 Å². The van der Waals surface area contributed by atoms with Crippen LogP contribution in [0.25, 0.3) is 0 Å². The molecule has 0 radical (unpaired) electrons. The van der Waals surface area contributed by atoms with E-state index >= 15 is 0 Å². The number of rotatable bonds is 6. The Labute approximate surface area is 78.8 Å². The topological polar surface area (TPSA) is 37.3 Å². The van der Waals surface area contributed by atoms with Gasteiger partial charge in [-0.15, -0.1) is 17.0 Å². The lowest BCUT2D eigenvalue weighted by atomic mass is 10.1. The highest BCUT2D eigenvalue weighted by atomic mass is 79.9. The minimum Gasteiger partial charge on any atom is -0.481 e. The Morgan fingerprint density at radius 1 is 1.18 bits per heavy atom. The third-order valence-electron chi connectivity index (χ3n) is 1.49. The van der Waals surface area contributed by atoms with E-state index in [9.17, 15) is 4.79 Å². The van der Waals surface area contributed by atoms with Gasteiger partial charge in [0.25, 0.3) is 0 Å². The lowest BCUT2D eigenvalue weighted by Crippen LogP contribution is -1.93. The van der Waals surface area contributed by atoms with E-state index in [2.05, 4.69) is 6.92 Å². The monoisotopic (exact) mass is 224 g/mol. The second-order valence-electron chi connectivity index (χ2n) is 2.56. The van der Waals surface area contributed by atoms with E-state index < -0.39 is 5.97 Å².